The largest absolute Gasteiger partial charge is 0.377 e. The van der Waals surface area contributed by atoms with Gasteiger partial charge >= 0.3 is 0 Å². The van der Waals surface area contributed by atoms with Gasteiger partial charge in [-0.15, -0.1) is 0 Å². The normalized spacial score (nSPS) is 10.8. The molecule has 0 radical (unpaired) electrons. The number of carbonyl (C=O) groups is 1. The average Bonchev–Trinajstić information content (AvgIpc) is 2.27. The van der Waals surface area contributed by atoms with E-state index in [4.69, 9.17) is 4.74 Å². The van der Waals surface area contributed by atoms with Crippen LogP contribution in [0, 0.1) is 0 Å². The number of methoxy groups -OCH3 is 1. The number of Topliss-reactive ketones (excluding diaryl/α,β-unsaturated/α-hetero) is 1. The topological polar surface area (TPSA) is 26.3 Å². The van der Waals surface area contributed by atoms with E-state index in [1.165, 1.54) is 11.1 Å². The van der Waals surface area contributed by atoms with Gasteiger partial charge in [-0.3, -0.25) is 4.79 Å². The van der Waals surface area contributed by atoms with Gasteiger partial charge < -0.3 is 4.74 Å². The van der Waals surface area contributed by atoms with Crippen LogP contribution >= 0.6 is 0 Å². The molecule has 1 rings (SSSR count). The molecule has 0 saturated carbocycles. The minimum Gasteiger partial charge on any atom is -0.377 e. The molecule has 0 saturated heterocycles. The van der Waals surface area contributed by atoms with Gasteiger partial charge in [-0.25, -0.2) is 0 Å². The van der Waals surface area contributed by atoms with Crippen molar-refractivity contribution in [2.45, 2.75) is 32.6 Å². The lowest BCUT2D eigenvalue weighted by molar-refractivity contribution is -0.122. The summed E-state index contributed by atoms with van der Waals surface area (Å²) < 4.78 is 4.79. The first kappa shape index (κ1) is 12.9. The van der Waals surface area contributed by atoms with Crippen molar-refractivity contribution in [3.05, 3.63) is 35.4 Å². The Morgan fingerprint density at radius 2 is 1.88 bits per heavy atom. The van der Waals surface area contributed by atoms with Crippen LogP contribution < -0.4 is 0 Å². The van der Waals surface area contributed by atoms with E-state index in [1.807, 2.05) is 0 Å². The van der Waals surface area contributed by atoms with E-state index in [9.17, 15) is 4.79 Å². The Morgan fingerprint density at radius 3 is 2.38 bits per heavy atom. The third-order valence-corrected chi connectivity index (χ3v) is 2.64. The number of ketones is 1. The van der Waals surface area contributed by atoms with Gasteiger partial charge in [0.2, 0.25) is 0 Å². The quantitative estimate of drug-likeness (QED) is 0.736. The molecular formula is C14H20O2. The Labute approximate surface area is 97.6 Å². The van der Waals surface area contributed by atoms with Gasteiger partial charge in [0.1, 0.15) is 6.61 Å². The van der Waals surface area contributed by atoms with Gasteiger partial charge in [-0.2, -0.15) is 0 Å². The van der Waals surface area contributed by atoms with Crippen LogP contribution in [-0.4, -0.2) is 19.5 Å². The fraction of sp³-hybridized carbons (Fsp3) is 0.500. The van der Waals surface area contributed by atoms with Crippen LogP contribution in [0.3, 0.4) is 0 Å². The molecule has 0 heterocycles. The van der Waals surface area contributed by atoms with Gasteiger partial charge in [-0.05, 0) is 23.5 Å². The van der Waals surface area contributed by atoms with Gasteiger partial charge in [0, 0.05) is 13.5 Å². The molecule has 2 heteroatoms. The van der Waals surface area contributed by atoms with Crippen molar-refractivity contribution >= 4 is 5.78 Å². The molecule has 0 atom stereocenters. The lowest BCUT2D eigenvalue weighted by Crippen LogP contribution is -2.07. The van der Waals surface area contributed by atoms with Gasteiger partial charge in [0.15, 0.2) is 5.78 Å². The predicted octanol–water partition coefficient (Wildman–Crippen LogP) is 2.96. The smallest absolute Gasteiger partial charge is 0.158 e. The first-order valence-electron chi connectivity index (χ1n) is 5.73. The van der Waals surface area contributed by atoms with E-state index in [0.29, 0.717) is 12.3 Å². The highest BCUT2D eigenvalue weighted by Crippen LogP contribution is 2.15. The maximum atomic E-state index is 11.3. The summed E-state index contributed by atoms with van der Waals surface area (Å²) >= 11 is 0. The molecule has 88 valence electrons. The summed E-state index contributed by atoms with van der Waals surface area (Å²) in [5, 5.41) is 0. The van der Waals surface area contributed by atoms with Crippen LogP contribution in [0.5, 0.6) is 0 Å². The lowest BCUT2D eigenvalue weighted by Gasteiger charge is -2.06. The number of aryl methyl sites for hydroxylation is 1. The number of benzene rings is 1. The zero-order valence-electron chi connectivity index (χ0n) is 10.3. The van der Waals surface area contributed by atoms with Crippen LogP contribution in [0.4, 0.5) is 0 Å². The SMILES string of the molecule is COCC(=O)CCc1ccc(C(C)C)cc1. The molecule has 2 nitrogen and oxygen atoms in total. The molecule has 0 unspecified atom stereocenters. The minimum atomic E-state index is 0.162. The molecule has 0 fully saturated rings. The zero-order chi connectivity index (χ0) is 12.0. The number of hydrogen-bond donors (Lipinski definition) is 0. The second-order valence-corrected chi connectivity index (χ2v) is 4.37. The molecule has 0 aromatic heterocycles. The van der Waals surface area contributed by atoms with E-state index < -0.39 is 0 Å². The van der Waals surface area contributed by atoms with Crippen LogP contribution in [0.1, 0.15) is 37.3 Å². The second-order valence-electron chi connectivity index (χ2n) is 4.37. The van der Waals surface area contributed by atoms with E-state index in [0.717, 1.165) is 6.42 Å². The summed E-state index contributed by atoms with van der Waals surface area (Å²) in [5.74, 6) is 0.722. The number of ether oxygens (including phenoxy) is 1. The number of carbonyl (C=O) groups excluding carboxylic acids is 1. The number of rotatable bonds is 6. The highest BCUT2D eigenvalue weighted by atomic mass is 16.5. The summed E-state index contributed by atoms with van der Waals surface area (Å²) in [6, 6.07) is 8.49. The molecule has 0 amide bonds. The summed E-state index contributed by atoms with van der Waals surface area (Å²) in [5.41, 5.74) is 2.56. The molecule has 16 heavy (non-hydrogen) atoms. The van der Waals surface area contributed by atoms with Crippen LogP contribution in [0.2, 0.25) is 0 Å². The molecule has 0 aliphatic carbocycles. The predicted molar refractivity (Wildman–Crippen MR) is 65.7 cm³/mol. The first-order valence-corrected chi connectivity index (χ1v) is 5.73. The van der Waals surface area contributed by atoms with Crippen molar-refractivity contribution in [2.75, 3.05) is 13.7 Å². The molecule has 1 aromatic rings. The Kier molecular flexibility index (Phi) is 5.20. The third-order valence-electron chi connectivity index (χ3n) is 2.64. The first-order chi connectivity index (χ1) is 7.63. The lowest BCUT2D eigenvalue weighted by atomic mass is 10.00. The molecule has 1 aromatic carbocycles. The van der Waals surface area contributed by atoms with Crippen molar-refractivity contribution in [3.8, 4) is 0 Å². The monoisotopic (exact) mass is 220 g/mol. The number of hydrogen-bond acceptors (Lipinski definition) is 2. The Hall–Kier alpha value is -1.15. The van der Waals surface area contributed by atoms with Crippen molar-refractivity contribution in [2.24, 2.45) is 0 Å². The molecule has 0 aliphatic rings. The van der Waals surface area contributed by atoms with Gasteiger partial charge in [0.05, 0.1) is 0 Å². The summed E-state index contributed by atoms with van der Waals surface area (Å²) in [6.07, 6.45) is 1.37. The van der Waals surface area contributed by atoms with E-state index >= 15 is 0 Å². The van der Waals surface area contributed by atoms with E-state index in [2.05, 4.69) is 38.1 Å². The molecule has 0 N–H and O–H groups in total. The molecule has 0 spiro atoms. The van der Waals surface area contributed by atoms with Crippen LogP contribution in [0.25, 0.3) is 0 Å². The minimum absolute atomic E-state index is 0.162. The van der Waals surface area contributed by atoms with Gasteiger partial charge in [0.25, 0.3) is 0 Å². The Morgan fingerprint density at radius 1 is 1.25 bits per heavy atom. The highest BCUT2D eigenvalue weighted by molar-refractivity contribution is 5.79. The van der Waals surface area contributed by atoms with Crippen LogP contribution in [0.15, 0.2) is 24.3 Å². The summed E-state index contributed by atoms with van der Waals surface area (Å²) in [7, 11) is 1.55. The third kappa shape index (κ3) is 4.15. The highest BCUT2D eigenvalue weighted by Gasteiger charge is 2.03. The maximum absolute atomic E-state index is 11.3. The zero-order valence-corrected chi connectivity index (χ0v) is 10.3. The molecule has 0 aliphatic heterocycles. The Bertz CT molecular complexity index is 325. The second kappa shape index (κ2) is 6.44. The van der Waals surface area contributed by atoms with Crippen molar-refractivity contribution in [1.29, 1.82) is 0 Å². The standard InChI is InChI=1S/C14H20O2/c1-11(2)13-7-4-12(5-8-13)6-9-14(15)10-16-3/h4-5,7-8,11H,6,9-10H2,1-3H3. The average molecular weight is 220 g/mol. The summed E-state index contributed by atoms with van der Waals surface area (Å²) in [4.78, 5) is 11.3. The van der Waals surface area contributed by atoms with Gasteiger partial charge in [-0.1, -0.05) is 38.1 Å². The maximum Gasteiger partial charge on any atom is 0.158 e. The Balaban J connectivity index is 2.46. The molecule has 0 bridgehead atoms. The van der Waals surface area contributed by atoms with Crippen LogP contribution in [-0.2, 0) is 16.0 Å². The fourth-order valence-electron chi connectivity index (χ4n) is 1.59. The molecular weight excluding hydrogens is 200 g/mol. The van der Waals surface area contributed by atoms with E-state index in [-0.39, 0.29) is 12.4 Å². The van der Waals surface area contributed by atoms with Crippen molar-refractivity contribution < 1.29 is 9.53 Å². The fourth-order valence-corrected chi connectivity index (χ4v) is 1.59. The van der Waals surface area contributed by atoms with Crippen molar-refractivity contribution in [1.82, 2.24) is 0 Å². The van der Waals surface area contributed by atoms with Crippen molar-refractivity contribution in [3.63, 3.8) is 0 Å². The van der Waals surface area contributed by atoms with E-state index in [1.54, 1.807) is 7.11 Å². The summed E-state index contributed by atoms with van der Waals surface area (Å²) in [6.45, 7) is 4.58.